The van der Waals surface area contributed by atoms with Crippen LogP contribution in [-0.4, -0.2) is 32.5 Å². The van der Waals surface area contributed by atoms with Gasteiger partial charge in [-0.1, -0.05) is 38.1 Å². The summed E-state index contributed by atoms with van der Waals surface area (Å²) in [5.41, 5.74) is 5.86. The number of benzene rings is 1. The predicted octanol–water partition coefficient (Wildman–Crippen LogP) is 3.43. The summed E-state index contributed by atoms with van der Waals surface area (Å²) in [5, 5.41) is 7.10. The van der Waals surface area contributed by atoms with E-state index in [-0.39, 0.29) is 11.8 Å². The number of amides is 1. The summed E-state index contributed by atoms with van der Waals surface area (Å²) in [6.07, 6.45) is 1.81. The van der Waals surface area contributed by atoms with E-state index in [1.165, 1.54) is 0 Å². The zero-order valence-electron chi connectivity index (χ0n) is 16.5. The lowest BCUT2D eigenvalue weighted by molar-refractivity contribution is -0.124. The summed E-state index contributed by atoms with van der Waals surface area (Å²) in [6, 6.07) is 10.3. The number of hydrogen-bond acceptors (Lipinski definition) is 4. The van der Waals surface area contributed by atoms with Gasteiger partial charge in [0.2, 0.25) is 5.91 Å². The van der Waals surface area contributed by atoms with Crippen molar-refractivity contribution in [3.8, 4) is 11.3 Å². The van der Waals surface area contributed by atoms with E-state index in [1.54, 1.807) is 6.33 Å². The van der Waals surface area contributed by atoms with Gasteiger partial charge in [0.05, 0.1) is 11.8 Å². The standard InChI is InChI=1S/C21H24N6O/c1-12(2)21(28)23-10-13-5-7-14(8-6-13)16-9-15-18-17(24-11-27(18)4)20(22-3)26-19(15)25-16/h5-9,11-12H,10H2,1-4H3,(H,23,28)(H2,22,25,26). The number of hydrogen-bond donors (Lipinski definition) is 3. The molecule has 3 N–H and O–H groups in total. The lowest BCUT2D eigenvalue weighted by Crippen LogP contribution is -2.27. The Balaban J connectivity index is 1.67. The Morgan fingerprint density at radius 3 is 2.68 bits per heavy atom. The molecule has 0 bridgehead atoms. The van der Waals surface area contributed by atoms with Crippen LogP contribution in [0, 0.1) is 5.92 Å². The lowest BCUT2D eigenvalue weighted by atomic mass is 10.1. The maximum absolute atomic E-state index is 11.7. The topological polar surface area (TPSA) is 87.6 Å². The van der Waals surface area contributed by atoms with Crippen LogP contribution >= 0.6 is 0 Å². The number of pyridine rings is 1. The first-order valence-corrected chi connectivity index (χ1v) is 9.36. The van der Waals surface area contributed by atoms with E-state index in [0.29, 0.717) is 6.54 Å². The van der Waals surface area contributed by atoms with Crippen molar-refractivity contribution in [2.45, 2.75) is 20.4 Å². The van der Waals surface area contributed by atoms with Gasteiger partial charge < -0.3 is 20.2 Å². The molecule has 0 spiro atoms. The van der Waals surface area contributed by atoms with Crippen LogP contribution in [0.25, 0.3) is 33.3 Å². The highest BCUT2D eigenvalue weighted by Gasteiger charge is 2.15. The first-order valence-electron chi connectivity index (χ1n) is 9.36. The van der Waals surface area contributed by atoms with E-state index in [4.69, 9.17) is 0 Å². The highest BCUT2D eigenvalue weighted by molar-refractivity contribution is 6.07. The zero-order valence-corrected chi connectivity index (χ0v) is 16.5. The Morgan fingerprint density at radius 2 is 2.00 bits per heavy atom. The van der Waals surface area contributed by atoms with Gasteiger partial charge in [-0.2, -0.15) is 0 Å². The molecule has 28 heavy (non-hydrogen) atoms. The van der Waals surface area contributed by atoms with Gasteiger partial charge in [-0.05, 0) is 17.2 Å². The molecule has 3 heterocycles. The summed E-state index contributed by atoms with van der Waals surface area (Å²) in [4.78, 5) is 24.3. The van der Waals surface area contributed by atoms with E-state index >= 15 is 0 Å². The normalized spacial score (nSPS) is 11.5. The minimum Gasteiger partial charge on any atom is -0.371 e. The first kappa shape index (κ1) is 18.0. The number of rotatable bonds is 5. The molecule has 0 saturated carbocycles. The smallest absolute Gasteiger partial charge is 0.222 e. The summed E-state index contributed by atoms with van der Waals surface area (Å²) in [7, 11) is 3.84. The van der Waals surface area contributed by atoms with Gasteiger partial charge >= 0.3 is 0 Å². The maximum atomic E-state index is 11.7. The SMILES string of the molecule is CNc1nc2[nH]c(-c3ccc(CNC(=O)C(C)C)cc3)cc2c2c1ncn2C. The molecule has 3 aromatic heterocycles. The summed E-state index contributed by atoms with van der Waals surface area (Å²) in [6.45, 7) is 4.31. The average molecular weight is 376 g/mol. The van der Waals surface area contributed by atoms with Crippen molar-refractivity contribution in [3.05, 3.63) is 42.2 Å². The fraction of sp³-hybridized carbons (Fsp3) is 0.286. The molecule has 4 rings (SSSR count). The van der Waals surface area contributed by atoms with E-state index in [9.17, 15) is 4.79 Å². The number of nitrogens with one attached hydrogen (secondary N) is 3. The third-order valence-electron chi connectivity index (χ3n) is 4.93. The molecule has 0 fully saturated rings. The summed E-state index contributed by atoms with van der Waals surface area (Å²) < 4.78 is 2.01. The molecule has 4 aromatic rings. The van der Waals surface area contributed by atoms with Crippen LogP contribution in [0.1, 0.15) is 19.4 Å². The molecule has 7 heteroatoms. The molecule has 7 nitrogen and oxygen atoms in total. The average Bonchev–Trinajstić information content (AvgIpc) is 3.29. The van der Waals surface area contributed by atoms with E-state index < -0.39 is 0 Å². The predicted molar refractivity (Wildman–Crippen MR) is 112 cm³/mol. The van der Waals surface area contributed by atoms with Crippen molar-refractivity contribution < 1.29 is 4.79 Å². The quantitative estimate of drug-likeness (QED) is 0.498. The van der Waals surface area contributed by atoms with Crippen molar-refractivity contribution in [2.24, 2.45) is 13.0 Å². The maximum Gasteiger partial charge on any atom is 0.222 e. The Kier molecular flexibility index (Phi) is 4.50. The Labute approximate surface area is 163 Å². The van der Waals surface area contributed by atoms with Crippen LogP contribution in [0.2, 0.25) is 0 Å². The Bertz CT molecular complexity index is 1150. The molecule has 1 aromatic carbocycles. The number of fused-ring (bicyclic) bond motifs is 3. The van der Waals surface area contributed by atoms with Crippen molar-refractivity contribution in [1.82, 2.24) is 24.8 Å². The fourth-order valence-electron chi connectivity index (χ4n) is 3.32. The minimum atomic E-state index is -0.00976. The number of H-pyrrole nitrogens is 1. The van der Waals surface area contributed by atoms with Gasteiger partial charge in [0.15, 0.2) is 5.82 Å². The van der Waals surface area contributed by atoms with Crippen molar-refractivity contribution in [3.63, 3.8) is 0 Å². The molecule has 0 aliphatic rings. The second-order valence-corrected chi connectivity index (χ2v) is 7.28. The summed E-state index contributed by atoms with van der Waals surface area (Å²) in [5.74, 6) is 0.809. The molecule has 0 atom stereocenters. The van der Waals surface area contributed by atoms with E-state index in [1.807, 2.05) is 44.6 Å². The van der Waals surface area contributed by atoms with Crippen LogP contribution in [0.4, 0.5) is 5.82 Å². The molecule has 144 valence electrons. The largest absolute Gasteiger partial charge is 0.371 e. The molecular formula is C21H24N6O. The van der Waals surface area contributed by atoms with Crippen LogP contribution < -0.4 is 10.6 Å². The zero-order chi connectivity index (χ0) is 19.8. The molecule has 0 radical (unpaired) electrons. The molecule has 1 amide bonds. The van der Waals surface area contributed by atoms with Gasteiger partial charge in [0.1, 0.15) is 11.2 Å². The van der Waals surface area contributed by atoms with Crippen LogP contribution in [-0.2, 0) is 18.4 Å². The van der Waals surface area contributed by atoms with Gasteiger partial charge in [-0.25, -0.2) is 9.97 Å². The highest BCUT2D eigenvalue weighted by atomic mass is 16.1. The van der Waals surface area contributed by atoms with Gasteiger partial charge in [0.25, 0.3) is 0 Å². The van der Waals surface area contributed by atoms with Gasteiger partial charge in [-0.15, -0.1) is 0 Å². The Hall–Kier alpha value is -3.35. The number of anilines is 1. The van der Waals surface area contributed by atoms with Crippen molar-refractivity contribution in [2.75, 3.05) is 12.4 Å². The number of aromatic nitrogens is 4. The number of carbonyl (C=O) groups is 1. The molecule has 0 aliphatic heterocycles. The fourth-order valence-corrected chi connectivity index (χ4v) is 3.32. The minimum absolute atomic E-state index is 0.00976. The number of imidazole rings is 1. The van der Waals surface area contributed by atoms with Gasteiger partial charge in [-0.3, -0.25) is 4.79 Å². The molecule has 0 saturated heterocycles. The monoisotopic (exact) mass is 376 g/mol. The second kappa shape index (κ2) is 6.99. The van der Waals surface area contributed by atoms with E-state index in [0.717, 1.165) is 44.7 Å². The number of carbonyl (C=O) groups excluding carboxylic acids is 1. The van der Waals surface area contributed by atoms with Gasteiger partial charge in [0, 0.05) is 37.6 Å². The van der Waals surface area contributed by atoms with E-state index in [2.05, 4.69) is 43.8 Å². The Morgan fingerprint density at radius 1 is 1.25 bits per heavy atom. The van der Waals surface area contributed by atoms with Crippen LogP contribution in [0.3, 0.4) is 0 Å². The van der Waals surface area contributed by atoms with Crippen LogP contribution in [0.15, 0.2) is 36.7 Å². The summed E-state index contributed by atoms with van der Waals surface area (Å²) >= 11 is 0. The van der Waals surface area contributed by atoms with Crippen molar-refractivity contribution >= 4 is 33.8 Å². The third-order valence-corrected chi connectivity index (χ3v) is 4.93. The molecular weight excluding hydrogens is 352 g/mol. The third kappa shape index (κ3) is 3.09. The molecule has 0 unspecified atom stereocenters. The number of nitrogens with zero attached hydrogens (tertiary/aromatic N) is 3. The second-order valence-electron chi connectivity index (χ2n) is 7.28. The lowest BCUT2D eigenvalue weighted by Gasteiger charge is -2.08. The molecule has 0 aliphatic carbocycles. The van der Waals surface area contributed by atoms with Crippen LogP contribution in [0.5, 0.6) is 0 Å². The number of aryl methyl sites for hydroxylation is 1. The highest BCUT2D eigenvalue weighted by Crippen LogP contribution is 2.31. The first-order chi connectivity index (χ1) is 13.5. The van der Waals surface area contributed by atoms with Crippen molar-refractivity contribution in [1.29, 1.82) is 0 Å². The number of aromatic amines is 1.